The summed E-state index contributed by atoms with van der Waals surface area (Å²) in [6.07, 6.45) is 5.91. The van der Waals surface area contributed by atoms with Gasteiger partial charge in [-0.05, 0) is 84.7 Å². The van der Waals surface area contributed by atoms with Crippen LogP contribution in [0.3, 0.4) is 0 Å². The number of carbonyl (C=O) groups is 4. The summed E-state index contributed by atoms with van der Waals surface area (Å²) in [5.74, 6) is -1.21. The van der Waals surface area contributed by atoms with E-state index in [4.69, 9.17) is 23.7 Å². The van der Waals surface area contributed by atoms with Crippen molar-refractivity contribution in [3.63, 3.8) is 0 Å². The first-order valence-electron chi connectivity index (χ1n) is 14.8. The van der Waals surface area contributed by atoms with E-state index in [-0.39, 0.29) is 26.4 Å². The van der Waals surface area contributed by atoms with Gasteiger partial charge in [0.05, 0.1) is 11.1 Å². The smallest absolute Gasteiger partial charge is 0.338 e. The molecule has 4 rings (SSSR count). The highest BCUT2D eigenvalue weighted by Crippen LogP contribution is 2.26. The Morgan fingerprint density at radius 1 is 0.511 bits per heavy atom. The number of benzene rings is 4. The second kappa shape index (κ2) is 17.5. The summed E-state index contributed by atoms with van der Waals surface area (Å²) in [6, 6.07) is 28.5. The van der Waals surface area contributed by atoms with Gasteiger partial charge in [0.2, 0.25) is 0 Å². The molecule has 0 bridgehead atoms. The van der Waals surface area contributed by atoms with Crippen LogP contribution in [0.5, 0.6) is 11.5 Å². The van der Waals surface area contributed by atoms with Crippen molar-refractivity contribution < 1.29 is 42.9 Å². The molecule has 0 atom stereocenters. The van der Waals surface area contributed by atoms with E-state index < -0.39 is 23.9 Å². The lowest BCUT2D eigenvalue weighted by molar-refractivity contribution is -0.139. The van der Waals surface area contributed by atoms with Crippen LogP contribution in [0.4, 0.5) is 0 Å². The summed E-state index contributed by atoms with van der Waals surface area (Å²) in [7, 11) is 0. The van der Waals surface area contributed by atoms with Crippen LogP contribution in [0.25, 0.3) is 12.2 Å². The molecule has 0 spiro atoms. The Hall–Kier alpha value is -5.96. The second-order valence-electron chi connectivity index (χ2n) is 10.2. The molecular weight excluding hydrogens is 600 g/mol. The quantitative estimate of drug-likeness (QED) is 0.0631. The van der Waals surface area contributed by atoms with Crippen LogP contribution in [0.2, 0.25) is 0 Å². The zero-order chi connectivity index (χ0) is 33.4. The van der Waals surface area contributed by atoms with Gasteiger partial charge in [-0.3, -0.25) is 0 Å². The number of esters is 4. The molecule has 47 heavy (non-hydrogen) atoms. The van der Waals surface area contributed by atoms with Crippen LogP contribution >= 0.6 is 0 Å². The van der Waals surface area contributed by atoms with Gasteiger partial charge in [0.25, 0.3) is 0 Å². The summed E-state index contributed by atoms with van der Waals surface area (Å²) < 4.78 is 26.6. The van der Waals surface area contributed by atoms with Crippen LogP contribution in [-0.4, -0.2) is 50.3 Å². The van der Waals surface area contributed by atoms with Crippen molar-refractivity contribution in [1.29, 1.82) is 0 Å². The molecule has 4 aromatic carbocycles. The first-order valence-corrected chi connectivity index (χ1v) is 14.8. The van der Waals surface area contributed by atoms with E-state index in [0.29, 0.717) is 33.8 Å². The van der Waals surface area contributed by atoms with Gasteiger partial charge in [-0.2, -0.15) is 0 Å². The van der Waals surface area contributed by atoms with E-state index in [1.54, 1.807) is 62.4 Å². The summed E-state index contributed by atoms with van der Waals surface area (Å²) in [5.41, 5.74) is 3.69. The molecule has 9 heteroatoms. The lowest BCUT2D eigenvalue weighted by Gasteiger charge is -2.12. The van der Waals surface area contributed by atoms with Crippen molar-refractivity contribution in [1.82, 2.24) is 0 Å². The zero-order valence-corrected chi connectivity index (χ0v) is 26.0. The molecule has 0 amide bonds. The molecule has 0 radical (unpaired) electrons. The number of hydrogen-bond donors (Lipinski definition) is 0. The maximum absolute atomic E-state index is 12.6. The van der Waals surface area contributed by atoms with Crippen molar-refractivity contribution in [3.05, 3.63) is 143 Å². The molecule has 0 unspecified atom stereocenters. The minimum atomic E-state index is -0.554. The Labute approximate surface area is 273 Å². The number of carbonyl (C=O) groups excluding carboxylic acids is 4. The summed E-state index contributed by atoms with van der Waals surface area (Å²) in [4.78, 5) is 48.9. The third kappa shape index (κ3) is 11.2. The SMILES string of the molecule is Cc1cc(Oc2ccc(C(=O)OCCOC(=O)/C=C/c3ccccc3)c(C)c2)ccc1C(=O)OCCOC(=O)/C=C/c1ccccc1. The molecule has 0 saturated carbocycles. The maximum atomic E-state index is 12.6. The lowest BCUT2D eigenvalue weighted by Crippen LogP contribution is -2.14. The van der Waals surface area contributed by atoms with Gasteiger partial charge in [-0.1, -0.05) is 60.7 Å². The average Bonchev–Trinajstić information content (AvgIpc) is 3.07. The van der Waals surface area contributed by atoms with Crippen molar-refractivity contribution in [3.8, 4) is 11.5 Å². The first-order chi connectivity index (χ1) is 22.8. The summed E-state index contributed by atoms with van der Waals surface area (Å²) >= 11 is 0. The Balaban J connectivity index is 1.19. The van der Waals surface area contributed by atoms with E-state index in [9.17, 15) is 19.2 Å². The number of hydrogen-bond acceptors (Lipinski definition) is 9. The predicted molar refractivity (Wildman–Crippen MR) is 176 cm³/mol. The third-order valence-electron chi connectivity index (χ3n) is 6.62. The van der Waals surface area contributed by atoms with Gasteiger partial charge in [0.15, 0.2) is 0 Å². The minimum absolute atomic E-state index is 0.0763. The van der Waals surface area contributed by atoms with Crippen LogP contribution in [0, 0.1) is 13.8 Å². The van der Waals surface area contributed by atoms with E-state index >= 15 is 0 Å². The van der Waals surface area contributed by atoms with Gasteiger partial charge < -0.3 is 23.7 Å². The molecule has 240 valence electrons. The Morgan fingerprint density at radius 3 is 1.28 bits per heavy atom. The fourth-order valence-electron chi connectivity index (χ4n) is 4.26. The lowest BCUT2D eigenvalue weighted by atomic mass is 10.1. The Morgan fingerprint density at radius 2 is 0.894 bits per heavy atom. The number of aryl methyl sites for hydroxylation is 2. The standard InChI is InChI=1S/C38H34O9/c1-27-25-31(15-17-33(27)37(41)45-23-21-43-35(39)19-13-29-9-5-3-6-10-29)47-32-16-18-34(28(2)26-32)38(42)46-24-22-44-36(40)20-14-30-11-7-4-8-12-30/h3-20,25-26H,21-24H2,1-2H3/b19-13+,20-14+. The molecule has 0 saturated heterocycles. The van der Waals surface area contributed by atoms with Crippen LogP contribution in [0.1, 0.15) is 43.0 Å². The zero-order valence-electron chi connectivity index (χ0n) is 26.0. The van der Waals surface area contributed by atoms with Crippen molar-refractivity contribution >= 4 is 36.0 Å². The molecule has 0 aliphatic heterocycles. The molecule has 0 N–H and O–H groups in total. The summed E-state index contributed by atoms with van der Waals surface area (Å²) in [5, 5.41) is 0. The normalized spacial score (nSPS) is 10.9. The van der Waals surface area contributed by atoms with E-state index in [1.165, 1.54) is 12.2 Å². The number of rotatable bonds is 14. The van der Waals surface area contributed by atoms with Gasteiger partial charge >= 0.3 is 23.9 Å². The molecule has 9 nitrogen and oxygen atoms in total. The van der Waals surface area contributed by atoms with E-state index in [0.717, 1.165) is 11.1 Å². The largest absolute Gasteiger partial charge is 0.459 e. The van der Waals surface area contributed by atoms with Crippen LogP contribution < -0.4 is 4.74 Å². The van der Waals surface area contributed by atoms with Crippen LogP contribution in [-0.2, 0) is 28.5 Å². The first kappa shape index (κ1) is 33.9. The third-order valence-corrected chi connectivity index (χ3v) is 6.62. The van der Waals surface area contributed by atoms with Crippen molar-refractivity contribution in [2.45, 2.75) is 13.8 Å². The number of ether oxygens (including phenoxy) is 5. The highest BCUT2D eigenvalue weighted by molar-refractivity contribution is 5.92. The van der Waals surface area contributed by atoms with E-state index in [1.807, 2.05) is 60.7 Å². The monoisotopic (exact) mass is 634 g/mol. The molecule has 0 heterocycles. The van der Waals surface area contributed by atoms with Crippen molar-refractivity contribution in [2.75, 3.05) is 26.4 Å². The van der Waals surface area contributed by atoms with Gasteiger partial charge in [0, 0.05) is 12.2 Å². The second-order valence-corrected chi connectivity index (χ2v) is 10.2. The average molecular weight is 635 g/mol. The molecule has 0 fully saturated rings. The van der Waals surface area contributed by atoms with Gasteiger partial charge in [0.1, 0.15) is 37.9 Å². The fourth-order valence-corrected chi connectivity index (χ4v) is 4.26. The van der Waals surface area contributed by atoms with E-state index in [2.05, 4.69) is 0 Å². The molecule has 0 aromatic heterocycles. The molecular formula is C38H34O9. The van der Waals surface area contributed by atoms with Crippen LogP contribution in [0.15, 0.2) is 109 Å². The topological polar surface area (TPSA) is 114 Å². The molecule has 0 aliphatic rings. The van der Waals surface area contributed by atoms with Crippen molar-refractivity contribution in [2.24, 2.45) is 0 Å². The Bertz CT molecular complexity index is 1610. The minimum Gasteiger partial charge on any atom is -0.459 e. The molecule has 4 aromatic rings. The molecule has 0 aliphatic carbocycles. The summed E-state index contributed by atoms with van der Waals surface area (Å²) in [6.45, 7) is 3.16. The predicted octanol–water partition coefficient (Wildman–Crippen LogP) is 6.92. The maximum Gasteiger partial charge on any atom is 0.338 e. The Kier molecular flexibility index (Phi) is 12.6. The fraction of sp³-hybridized carbons (Fsp3) is 0.158. The highest BCUT2D eigenvalue weighted by Gasteiger charge is 2.14. The van der Waals surface area contributed by atoms with Gasteiger partial charge in [-0.15, -0.1) is 0 Å². The highest BCUT2D eigenvalue weighted by atomic mass is 16.6. The van der Waals surface area contributed by atoms with Gasteiger partial charge in [-0.25, -0.2) is 19.2 Å².